The summed E-state index contributed by atoms with van der Waals surface area (Å²) >= 11 is 0. The van der Waals surface area contributed by atoms with Gasteiger partial charge in [-0.05, 0) is 43.0 Å². The van der Waals surface area contributed by atoms with Crippen LogP contribution in [0.15, 0.2) is 29.8 Å². The number of benzene rings is 1. The average molecular weight is 255 g/mol. The molecule has 1 saturated heterocycles. The Labute approximate surface area is 112 Å². The molecule has 0 amide bonds. The summed E-state index contributed by atoms with van der Waals surface area (Å²) in [4.78, 5) is 13.0. The molecule has 0 unspecified atom stereocenters. The van der Waals surface area contributed by atoms with Gasteiger partial charge >= 0.3 is 0 Å². The molecule has 1 aliphatic rings. The minimum Gasteiger partial charge on any atom is -0.544 e. The van der Waals surface area contributed by atoms with Crippen molar-refractivity contribution in [1.82, 2.24) is 0 Å². The molecule has 0 N–H and O–H groups in total. The number of carbonyl (C=O) groups is 1. The quantitative estimate of drug-likeness (QED) is 0.603. The summed E-state index contributed by atoms with van der Waals surface area (Å²) in [5.74, 6) is -1.44. The lowest BCUT2D eigenvalue weighted by molar-refractivity contribution is -0.298. The van der Waals surface area contributed by atoms with Crippen molar-refractivity contribution in [3.05, 3.63) is 35.4 Å². The molecule has 1 fully saturated rings. The molecule has 2 rings (SSSR count). The van der Waals surface area contributed by atoms with E-state index in [1.54, 1.807) is 6.07 Å². The molecular weight excluding hydrogens is 240 g/mol. The van der Waals surface area contributed by atoms with Gasteiger partial charge in [-0.2, -0.15) is 5.26 Å². The van der Waals surface area contributed by atoms with E-state index in [4.69, 9.17) is 5.26 Å². The van der Waals surface area contributed by atoms with Crippen LogP contribution < -0.4 is 10.0 Å². The molecule has 1 heterocycles. The third kappa shape index (κ3) is 3.35. The van der Waals surface area contributed by atoms with Crippen molar-refractivity contribution >= 4 is 17.7 Å². The number of carbonyl (C=O) groups excluding carboxylic acids is 1. The molecule has 4 nitrogen and oxygen atoms in total. The molecule has 0 aromatic heterocycles. The third-order valence-electron chi connectivity index (χ3n) is 3.27. The zero-order valence-electron chi connectivity index (χ0n) is 10.6. The fraction of sp³-hybridized carbons (Fsp3) is 0.333. The highest BCUT2D eigenvalue weighted by Gasteiger charge is 2.10. The van der Waals surface area contributed by atoms with Crippen molar-refractivity contribution in [3.8, 4) is 6.07 Å². The van der Waals surface area contributed by atoms with Crippen LogP contribution in [-0.2, 0) is 4.79 Å². The second kappa shape index (κ2) is 6.05. The summed E-state index contributed by atoms with van der Waals surface area (Å²) < 4.78 is 0. The van der Waals surface area contributed by atoms with Gasteiger partial charge in [0.05, 0.1) is 11.5 Å². The zero-order chi connectivity index (χ0) is 13.7. The second-order valence-electron chi connectivity index (χ2n) is 4.60. The van der Waals surface area contributed by atoms with Crippen molar-refractivity contribution in [2.24, 2.45) is 0 Å². The van der Waals surface area contributed by atoms with Crippen LogP contribution in [0.5, 0.6) is 0 Å². The Bertz CT molecular complexity index is 520. The van der Waals surface area contributed by atoms with Gasteiger partial charge < -0.3 is 14.8 Å². The molecule has 1 aliphatic heterocycles. The maximum Gasteiger partial charge on any atom is 0.101 e. The Kier molecular flexibility index (Phi) is 4.19. The van der Waals surface area contributed by atoms with Crippen molar-refractivity contribution in [2.45, 2.75) is 19.3 Å². The first-order chi connectivity index (χ1) is 9.20. The van der Waals surface area contributed by atoms with E-state index in [0.29, 0.717) is 5.56 Å². The average Bonchev–Trinajstić information content (AvgIpc) is 2.46. The van der Waals surface area contributed by atoms with Crippen molar-refractivity contribution in [3.63, 3.8) is 0 Å². The molecule has 0 aliphatic carbocycles. The summed E-state index contributed by atoms with van der Waals surface area (Å²) in [7, 11) is 0. The van der Waals surface area contributed by atoms with Gasteiger partial charge in [-0.1, -0.05) is 12.1 Å². The Morgan fingerprint density at radius 1 is 1.21 bits per heavy atom. The molecule has 19 heavy (non-hydrogen) atoms. The fourth-order valence-corrected chi connectivity index (χ4v) is 2.24. The van der Waals surface area contributed by atoms with Gasteiger partial charge in [-0.25, -0.2) is 0 Å². The first-order valence-electron chi connectivity index (χ1n) is 6.39. The predicted octanol–water partition coefficient (Wildman–Crippen LogP) is 1.33. The molecular formula is C15H15N2O2-. The number of piperidine rings is 1. The maximum absolute atomic E-state index is 10.6. The molecule has 98 valence electrons. The number of hydrogen-bond donors (Lipinski definition) is 0. The number of hydrogen-bond acceptors (Lipinski definition) is 4. The lowest BCUT2D eigenvalue weighted by atomic mass is 10.1. The van der Waals surface area contributed by atoms with Crippen LogP contribution in [-0.4, -0.2) is 19.1 Å². The van der Waals surface area contributed by atoms with Crippen molar-refractivity contribution in [2.75, 3.05) is 18.0 Å². The van der Waals surface area contributed by atoms with Crippen LogP contribution in [0.2, 0.25) is 0 Å². The van der Waals surface area contributed by atoms with Gasteiger partial charge in [0.2, 0.25) is 0 Å². The van der Waals surface area contributed by atoms with Crippen LogP contribution >= 0.6 is 0 Å². The van der Waals surface area contributed by atoms with Gasteiger partial charge in [-0.3, -0.25) is 0 Å². The zero-order valence-corrected chi connectivity index (χ0v) is 10.6. The first kappa shape index (κ1) is 13.2. The van der Waals surface area contributed by atoms with Gasteiger partial charge in [0.25, 0.3) is 0 Å². The van der Waals surface area contributed by atoms with E-state index in [1.165, 1.54) is 25.3 Å². The largest absolute Gasteiger partial charge is 0.544 e. The van der Waals surface area contributed by atoms with Gasteiger partial charge in [-0.15, -0.1) is 0 Å². The van der Waals surface area contributed by atoms with Gasteiger partial charge in [0, 0.05) is 18.8 Å². The summed E-state index contributed by atoms with van der Waals surface area (Å²) in [6.07, 6.45) is 5.04. The molecule has 1 aromatic carbocycles. The van der Waals surface area contributed by atoms with Gasteiger partial charge in [0.15, 0.2) is 0 Å². The highest BCUT2D eigenvalue weighted by molar-refractivity contribution is 5.95. The van der Waals surface area contributed by atoms with Crippen LogP contribution in [0, 0.1) is 11.3 Å². The van der Waals surface area contributed by atoms with E-state index in [0.717, 1.165) is 18.8 Å². The summed E-state index contributed by atoms with van der Waals surface area (Å²) in [6.45, 7) is 2.13. The molecule has 0 spiro atoms. The monoisotopic (exact) mass is 255 g/mol. The minimum atomic E-state index is -1.44. The highest BCUT2D eigenvalue weighted by Crippen LogP contribution is 2.20. The molecule has 0 atom stereocenters. The summed E-state index contributed by atoms with van der Waals surface area (Å²) in [5, 5.41) is 19.3. The number of rotatable bonds is 3. The normalized spacial score (nSPS) is 15.9. The second-order valence-corrected chi connectivity index (χ2v) is 4.60. The van der Waals surface area contributed by atoms with Crippen molar-refractivity contribution in [1.29, 1.82) is 5.26 Å². The number of carboxylic acid groups (broad SMARTS) is 1. The van der Waals surface area contributed by atoms with E-state index < -0.39 is 5.97 Å². The van der Waals surface area contributed by atoms with Crippen molar-refractivity contribution < 1.29 is 9.90 Å². The number of anilines is 1. The van der Waals surface area contributed by atoms with E-state index in [2.05, 4.69) is 4.90 Å². The van der Waals surface area contributed by atoms with E-state index >= 15 is 0 Å². The maximum atomic E-state index is 10.6. The van der Waals surface area contributed by atoms with Crippen LogP contribution in [0.1, 0.15) is 24.8 Å². The Balaban J connectivity index is 2.14. The fourth-order valence-electron chi connectivity index (χ4n) is 2.24. The van der Waals surface area contributed by atoms with Gasteiger partial charge in [0.1, 0.15) is 6.07 Å². The summed E-state index contributed by atoms with van der Waals surface area (Å²) in [6, 6.07) is 9.18. The topological polar surface area (TPSA) is 67.2 Å². The van der Waals surface area contributed by atoms with E-state index in [1.807, 2.05) is 24.3 Å². The summed E-state index contributed by atoms with van der Waals surface area (Å²) in [5.41, 5.74) is 1.48. The lowest BCUT2D eigenvalue weighted by Crippen LogP contribution is -2.29. The van der Waals surface area contributed by atoms with E-state index in [-0.39, 0.29) is 5.57 Å². The Hall–Kier alpha value is -2.28. The standard InChI is InChI=1S/C15H16N2O2/c16-11-13(15(18)19)10-12-4-6-14(7-5-12)17-8-2-1-3-9-17/h4-7,10H,1-3,8-9H2,(H,18,19)/p-1/b13-10+. The molecule has 0 bridgehead atoms. The molecule has 1 aromatic rings. The highest BCUT2D eigenvalue weighted by atomic mass is 16.4. The molecule has 0 radical (unpaired) electrons. The first-order valence-corrected chi connectivity index (χ1v) is 6.39. The Morgan fingerprint density at radius 2 is 1.84 bits per heavy atom. The number of nitriles is 1. The third-order valence-corrected chi connectivity index (χ3v) is 3.27. The smallest absolute Gasteiger partial charge is 0.101 e. The van der Waals surface area contributed by atoms with Crippen LogP contribution in [0.4, 0.5) is 5.69 Å². The number of carboxylic acids is 1. The molecule has 0 saturated carbocycles. The number of aliphatic carboxylic acids is 1. The SMILES string of the molecule is N#C/C(=C\c1ccc(N2CCCCC2)cc1)C(=O)[O-]. The molecule has 4 heteroatoms. The minimum absolute atomic E-state index is 0.356. The lowest BCUT2D eigenvalue weighted by Gasteiger charge is -2.28. The predicted molar refractivity (Wildman–Crippen MR) is 71.1 cm³/mol. The van der Waals surface area contributed by atoms with E-state index in [9.17, 15) is 9.90 Å². The number of nitrogens with zero attached hydrogens (tertiary/aromatic N) is 2. The Morgan fingerprint density at radius 3 is 2.37 bits per heavy atom. The van der Waals surface area contributed by atoms with Crippen LogP contribution in [0.3, 0.4) is 0 Å². The van der Waals surface area contributed by atoms with Crippen LogP contribution in [0.25, 0.3) is 6.08 Å².